The number of ketones is 1. The summed E-state index contributed by atoms with van der Waals surface area (Å²) in [6.07, 6.45) is -2.75. The van der Waals surface area contributed by atoms with Gasteiger partial charge < -0.3 is 24.4 Å². The fraction of sp³-hybridized carbons (Fsp3) is 0.800. The van der Waals surface area contributed by atoms with Crippen LogP contribution in [0.1, 0.15) is 53.9 Å². The normalized spacial score (nSPS) is 53.3. The van der Waals surface area contributed by atoms with Crippen molar-refractivity contribution in [3.8, 4) is 0 Å². The van der Waals surface area contributed by atoms with Crippen LogP contribution in [0.15, 0.2) is 11.1 Å². The molecule has 2 heterocycles. The number of ether oxygens (including phenoxy) is 3. The average molecular weight is 493 g/mol. The van der Waals surface area contributed by atoms with Crippen molar-refractivity contribution in [1.82, 2.24) is 0 Å². The van der Waals surface area contributed by atoms with E-state index in [1.54, 1.807) is 13.8 Å². The Balaban J connectivity index is 1.63. The number of carbonyl (C=O) groups excluding carboxylic acids is 3. The lowest BCUT2D eigenvalue weighted by molar-refractivity contribution is -0.595. The first-order chi connectivity index (χ1) is 16.4. The van der Waals surface area contributed by atoms with Crippen LogP contribution in [0, 0.1) is 22.2 Å². The number of aliphatic hydroxyl groups is 2. The summed E-state index contributed by atoms with van der Waals surface area (Å²) in [5.74, 6) is -1.85. The molecule has 192 valence electrons. The van der Waals surface area contributed by atoms with Crippen LogP contribution in [0.2, 0.25) is 0 Å². The second kappa shape index (κ2) is 6.72. The first-order valence-electron chi connectivity index (χ1n) is 12.2. The van der Waals surface area contributed by atoms with Gasteiger partial charge in [-0.25, -0.2) is 9.78 Å². The molecule has 0 bridgehead atoms. The molecule has 4 aliphatic carbocycles. The molecule has 6 aliphatic rings. The molecule has 2 unspecified atom stereocenters. The van der Waals surface area contributed by atoms with Gasteiger partial charge in [0.25, 0.3) is 0 Å². The van der Waals surface area contributed by atoms with Crippen LogP contribution in [0.3, 0.4) is 0 Å². The fourth-order valence-corrected chi connectivity index (χ4v) is 8.84. The van der Waals surface area contributed by atoms with Crippen molar-refractivity contribution in [1.29, 1.82) is 0 Å². The molecule has 3 saturated carbocycles. The van der Waals surface area contributed by atoms with Gasteiger partial charge in [-0.1, -0.05) is 12.5 Å². The van der Waals surface area contributed by atoms with Crippen LogP contribution in [-0.4, -0.2) is 76.8 Å². The smallest absolute Gasteiger partial charge is 0.303 e. The molecule has 10 atom stereocenters. The molecule has 10 heteroatoms. The largest absolute Gasteiger partial charge is 0.453 e. The molecule has 0 aromatic heterocycles. The summed E-state index contributed by atoms with van der Waals surface area (Å²) in [4.78, 5) is 51.0. The predicted molar refractivity (Wildman–Crippen MR) is 115 cm³/mol. The molecule has 6 rings (SSSR count). The zero-order valence-electron chi connectivity index (χ0n) is 20.6. The first kappa shape index (κ1) is 23.5. The summed E-state index contributed by atoms with van der Waals surface area (Å²) in [7, 11) is 0. The van der Waals surface area contributed by atoms with E-state index in [2.05, 4.69) is 0 Å². The van der Waals surface area contributed by atoms with Crippen LogP contribution in [-0.2, 0) is 38.4 Å². The molecule has 2 spiro atoms. The van der Waals surface area contributed by atoms with Gasteiger partial charge in [0.05, 0.1) is 23.5 Å². The highest BCUT2D eigenvalue weighted by atomic mass is 17.3. The molecular weight excluding hydrogens is 460 g/mol. The Morgan fingerprint density at radius 3 is 2.40 bits per heavy atom. The van der Waals surface area contributed by atoms with Crippen molar-refractivity contribution < 1.29 is 48.6 Å². The Bertz CT molecular complexity index is 1080. The van der Waals surface area contributed by atoms with E-state index < -0.39 is 69.6 Å². The highest BCUT2D eigenvalue weighted by Crippen LogP contribution is 2.80. The third-order valence-electron chi connectivity index (χ3n) is 10.7. The lowest BCUT2D eigenvalue weighted by Crippen LogP contribution is -2.92. The number of carbonyl (C=O) groups is 3. The van der Waals surface area contributed by atoms with Crippen LogP contribution in [0.4, 0.5) is 0 Å². The Kier molecular flexibility index (Phi) is 4.52. The quantitative estimate of drug-likeness (QED) is 0.330. The fourth-order valence-electron chi connectivity index (χ4n) is 8.84. The first-order valence-corrected chi connectivity index (χ1v) is 12.2. The van der Waals surface area contributed by atoms with Gasteiger partial charge in [-0.2, -0.15) is 0 Å². The van der Waals surface area contributed by atoms with Crippen LogP contribution in [0.5, 0.6) is 0 Å². The van der Waals surface area contributed by atoms with Gasteiger partial charge >= 0.3 is 11.9 Å². The topological polar surface area (TPSA) is 138 Å². The van der Waals surface area contributed by atoms with E-state index >= 15 is 0 Å². The summed E-state index contributed by atoms with van der Waals surface area (Å²) < 4.78 is 17.5. The second-order valence-corrected chi connectivity index (χ2v) is 11.7. The van der Waals surface area contributed by atoms with E-state index in [1.165, 1.54) is 13.8 Å². The van der Waals surface area contributed by atoms with E-state index in [0.29, 0.717) is 18.4 Å². The number of rotatable bonds is 3. The summed E-state index contributed by atoms with van der Waals surface area (Å²) in [6, 6.07) is 0. The minimum atomic E-state index is -1.54. The zero-order valence-corrected chi connectivity index (χ0v) is 20.6. The van der Waals surface area contributed by atoms with Crippen molar-refractivity contribution in [3.05, 3.63) is 11.1 Å². The van der Waals surface area contributed by atoms with Crippen LogP contribution >= 0.6 is 0 Å². The minimum absolute atomic E-state index is 0.0374. The molecule has 0 aromatic carbocycles. The number of Topliss-reactive ketones (excluding diaryl/α,β-unsaturated/α-hetero) is 1. The van der Waals surface area contributed by atoms with E-state index in [1.807, 2.05) is 6.92 Å². The van der Waals surface area contributed by atoms with Gasteiger partial charge in [0.15, 0.2) is 17.5 Å². The van der Waals surface area contributed by atoms with Gasteiger partial charge in [-0.15, -0.1) is 0 Å². The van der Waals surface area contributed by atoms with Crippen molar-refractivity contribution >= 4 is 17.7 Å². The monoisotopic (exact) mass is 492 g/mol. The Morgan fingerprint density at radius 1 is 1.20 bits per heavy atom. The van der Waals surface area contributed by atoms with Crippen LogP contribution in [0.25, 0.3) is 0 Å². The molecule has 2 saturated heterocycles. The standard InChI is InChI=1S/C25H32O10/c1-11-7-23-14(9-26)8-24(23)20(34-35-24)22(5)21(4,19(30)18(17(11)23)32-12(2)27)15(29)6-16-25(22,10-31-16)33-13(3)28/h14-16,18,20,26,29H,6-10H2,1-5H3/t14?,15-,16+,18+,20-,21-,22-,23?,24+,25-/m0/s1. The molecule has 35 heavy (non-hydrogen) atoms. The van der Waals surface area contributed by atoms with Crippen molar-refractivity contribution in [2.75, 3.05) is 13.2 Å². The summed E-state index contributed by atoms with van der Waals surface area (Å²) in [6.45, 7) is 7.78. The molecule has 2 aliphatic heterocycles. The highest BCUT2D eigenvalue weighted by molar-refractivity contribution is 5.96. The Morgan fingerprint density at radius 2 is 1.91 bits per heavy atom. The van der Waals surface area contributed by atoms with Gasteiger partial charge in [-0.05, 0) is 38.2 Å². The average Bonchev–Trinajstić information content (AvgIpc) is 2.73. The molecule has 0 amide bonds. The van der Waals surface area contributed by atoms with E-state index in [0.717, 1.165) is 5.57 Å². The predicted octanol–water partition coefficient (Wildman–Crippen LogP) is 0.767. The van der Waals surface area contributed by atoms with Crippen molar-refractivity contribution in [2.45, 2.75) is 89.5 Å². The SMILES string of the molecule is CC(=O)O[C@H]1C(=O)[C@]2(C)[C@@H](O)C[C@H]3OC[C@@]3(OC(C)=O)[C@@]2(C)[C@@H]2OO[C@]23CC(CO)C32CC(C)=C12. The van der Waals surface area contributed by atoms with Crippen molar-refractivity contribution in [2.24, 2.45) is 22.2 Å². The third kappa shape index (κ3) is 2.17. The summed E-state index contributed by atoms with van der Waals surface area (Å²) in [5.41, 5.74) is -4.25. The maximum Gasteiger partial charge on any atom is 0.303 e. The van der Waals surface area contributed by atoms with Crippen molar-refractivity contribution in [3.63, 3.8) is 0 Å². The second-order valence-electron chi connectivity index (χ2n) is 11.7. The number of allylic oxidation sites excluding steroid dienone is 1. The van der Waals surface area contributed by atoms with Gasteiger partial charge in [0.2, 0.25) is 0 Å². The van der Waals surface area contributed by atoms with Gasteiger partial charge in [-0.3, -0.25) is 14.4 Å². The third-order valence-corrected chi connectivity index (χ3v) is 10.7. The zero-order chi connectivity index (χ0) is 25.3. The maximum atomic E-state index is 14.6. The molecule has 10 nitrogen and oxygen atoms in total. The summed E-state index contributed by atoms with van der Waals surface area (Å²) >= 11 is 0. The van der Waals surface area contributed by atoms with E-state index in [4.69, 9.17) is 24.0 Å². The number of esters is 2. The molecule has 5 fully saturated rings. The lowest BCUT2D eigenvalue weighted by atomic mass is 9.30. The molecular formula is C25H32O10. The Hall–Kier alpha value is -1.85. The van der Waals surface area contributed by atoms with E-state index in [-0.39, 0.29) is 25.6 Å². The summed E-state index contributed by atoms with van der Waals surface area (Å²) in [5, 5.41) is 21.8. The number of hydrogen-bond acceptors (Lipinski definition) is 10. The molecule has 0 radical (unpaired) electrons. The van der Waals surface area contributed by atoms with Gasteiger partial charge in [0, 0.05) is 32.3 Å². The number of aliphatic hydroxyl groups excluding tert-OH is 2. The van der Waals surface area contributed by atoms with E-state index in [9.17, 15) is 24.6 Å². The molecule has 0 aromatic rings. The number of hydrogen-bond donors (Lipinski definition) is 2. The van der Waals surface area contributed by atoms with Crippen LogP contribution < -0.4 is 0 Å². The maximum absolute atomic E-state index is 14.6. The lowest BCUT2D eigenvalue weighted by Gasteiger charge is -2.80. The van der Waals surface area contributed by atoms with Gasteiger partial charge in [0.1, 0.15) is 17.8 Å². The number of fused-ring (bicyclic) bond motifs is 4. The molecule has 2 N–H and O–H groups in total. The highest BCUT2D eigenvalue weighted by Gasteiger charge is 2.90. The minimum Gasteiger partial charge on any atom is -0.453 e. The Labute approximate surface area is 202 Å².